The number of hydrogen-bond donors (Lipinski definition) is 1. The second-order valence-corrected chi connectivity index (χ2v) is 3.81. The molecule has 0 aliphatic carbocycles. The average Bonchev–Trinajstić information content (AvgIpc) is 2.39. The Morgan fingerprint density at radius 1 is 1.00 bits per heavy atom. The number of aromatic nitrogens is 2. The van der Waals surface area contributed by atoms with Gasteiger partial charge in [0.25, 0.3) is 0 Å². The van der Waals surface area contributed by atoms with Crippen LogP contribution in [0.3, 0.4) is 0 Å². The molecule has 0 aromatic carbocycles. The van der Waals surface area contributed by atoms with Crippen molar-refractivity contribution >= 4 is 0 Å². The van der Waals surface area contributed by atoms with Crippen molar-refractivity contribution < 1.29 is 5.11 Å². The summed E-state index contributed by atoms with van der Waals surface area (Å²) in [4.78, 5) is 8.06. The molecule has 0 bridgehead atoms. The molecule has 3 nitrogen and oxygen atoms in total. The van der Waals surface area contributed by atoms with Gasteiger partial charge < -0.3 is 5.11 Å². The van der Waals surface area contributed by atoms with Gasteiger partial charge in [-0.25, -0.2) is 0 Å². The molecule has 0 amide bonds. The fraction of sp³-hybridized carbons (Fsp3) is 0.231. The molecule has 3 heteroatoms. The summed E-state index contributed by atoms with van der Waals surface area (Å²) in [7, 11) is 0. The fourth-order valence-electron chi connectivity index (χ4n) is 1.67. The summed E-state index contributed by atoms with van der Waals surface area (Å²) >= 11 is 0. The number of aliphatic hydroxyl groups is 1. The standard InChI is InChI=1S/C13H14N2O/c1-10(11-4-2-6-14-8-11)13(16)12-5-3-7-15-9-12/h2-10,13,16H,1H3/t10-,13-/m1/s1. The summed E-state index contributed by atoms with van der Waals surface area (Å²) in [5.41, 5.74) is 1.86. The number of pyridine rings is 2. The van der Waals surface area contributed by atoms with Crippen LogP contribution < -0.4 is 0 Å². The van der Waals surface area contributed by atoms with Crippen LogP contribution >= 0.6 is 0 Å². The Labute approximate surface area is 94.8 Å². The Hall–Kier alpha value is -1.74. The molecule has 0 saturated heterocycles. The van der Waals surface area contributed by atoms with Crippen LogP contribution in [0.4, 0.5) is 0 Å². The van der Waals surface area contributed by atoms with Crippen molar-refractivity contribution in [2.45, 2.75) is 18.9 Å². The number of rotatable bonds is 3. The second kappa shape index (κ2) is 4.86. The minimum absolute atomic E-state index is 0.0119. The van der Waals surface area contributed by atoms with Gasteiger partial charge in [0, 0.05) is 30.7 Å². The highest BCUT2D eigenvalue weighted by Crippen LogP contribution is 2.29. The summed E-state index contributed by atoms with van der Waals surface area (Å²) in [6.07, 6.45) is 6.36. The van der Waals surface area contributed by atoms with Crippen molar-refractivity contribution in [1.29, 1.82) is 0 Å². The zero-order valence-electron chi connectivity index (χ0n) is 9.12. The zero-order valence-corrected chi connectivity index (χ0v) is 9.12. The second-order valence-electron chi connectivity index (χ2n) is 3.81. The lowest BCUT2D eigenvalue weighted by Gasteiger charge is -2.18. The van der Waals surface area contributed by atoms with E-state index in [0.29, 0.717) is 0 Å². The van der Waals surface area contributed by atoms with Crippen LogP contribution in [-0.4, -0.2) is 15.1 Å². The van der Waals surface area contributed by atoms with Crippen LogP contribution in [0.15, 0.2) is 49.1 Å². The zero-order chi connectivity index (χ0) is 11.4. The van der Waals surface area contributed by atoms with Crippen molar-refractivity contribution in [2.24, 2.45) is 0 Å². The molecule has 82 valence electrons. The first kappa shape index (κ1) is 10.8. The molecule has 0 fully saturated rings. The van der Waals surface area contributed by atoms with Crippen LogP contribution in [0.5, 0.6) is 0 Å². The van der Waals surface area contributed by atoms with Crippen LogP contribution in [-0.2, 0) is 0 Å². The summed E-state index contributed by atoms with van der Waals surface area (Å²) < 4.78 is 0. The largest absolute Gasteiger partial charge is 0.388 e. The van der Waals surface area contributed by atoms with Gasteiger partial charge in [-0.3, -0.25) is 9.97 Å². The van der Waals surface area contributed by atoms with Crippen LogP contribution in [0, 0.1) is 0 Å². The molecular formula is C13H14N2O. The van der Waals surface area contributed by atoms with E-state index in [0.717, 1.165) is 11.1 Å². The summed E-state index contributed by atoms with van der Waals surface area (Å²) in [6.45, 7) is 1.98. The first-order valence-corrected chi connectivity index (χ1v) is 5.27. The number of hydrogen-bond acceptors (Lipinski definition) is 3. The minimum atomic E-state index is -0.544. The number of aliphatic hydroxyl groups excluding tert-OH is 1. The lowest BCUT2D eigenvalue weighted by atomic mass is 9.93. The van der Waals surface area contributed by atoms with E-state index in [9.17, 15) is 5.11 Å². The van der Waals surface area contributed by atoms with Gasteiger partial charge in [-0.2, -0.15) is 0 Å². The molecule has 2 aromatic heterocycles. The molecule has 16 heavy (non-hydrogen) atoms. The van der Waals surface area contributed by atoms with Crippen LogP contribution in [0.25, 0.3) is 0 Å². The van der Waals surface area contributed by atoms with E-state index < -0.39 is 6.10 Å². The molecule has 0 saturated carbocycles. The maximum absolute atomic E-state index is 10.2. The van der Waals surface area contributed by atoms with Gasteiger partial charge in [-0.1, -0.05) is 19.1 Å². The SMILES string of the molecule is C[C@H](c1cccnc1)[C@@H](O)c1cccnc1. The van der Waals surface area contributed by atoms with E-state index in [1.165, 1.54) is 0 Å². The molecule has 0 spiro atoms. The van der Waals surface area contributed by atoms with Crippen molar-refractivity contribution in [3.63, 3.8) is 0 Å². The Morgan fingerprint density at radius 2 is 1.56 bits per heavy atom. The molecule has 1 N–H and O–H groups in total. The molecule has 0 aliphatic heterocycles. The smallest absolute Gasteiger partial charge is 0.0871 e. The Kier molecular flexibility index (Phi) is 3.27. The van der Waals surface area contributed by atoms with E-state index >= 15 is 0 Å². The van der Waals surface area contributed by atoms with Crippen molar-refractivity contribution in [2.75, 3.05) is 0 Å². The van der Waals surface area contributed by atoms with Gasteiger partial charge >= 0.3 is 0 Å². The van der Waals surface area contributed by atoms with Gasteiger partial charge in [-0.15, -0.1) is 0 Å². The van der Waals surface area contributed by atoms with Crippen LogP contribution in [0.2, 0.25) is 0 Å². The monoisotopic (exact) mass is 214 g/mol. The highest BCUT2D eigenvalue weighted by Gasteiger charge is 2.18. The maximum atomic E-state index is 10.2. The third-order valence-corrected chi connectivity index (χ3v) is 2.71. The van der Waals surface area contributed by atoms with E-state index in [1.807, 2.05) is 31.2 Å². The van der Waals surface area contributed by atoms with Gasteiger partial charge in [-0.05, 0) is 23.3 Å². The molecule has 0 aliphatic rings. The quantitative estimate of drug-likeness (QED) is 0.852. The van der Waals surface area contributed by atoms with Gasteiger partial charge in [0.05, 0.1) is 6.10 Å². The summed E-state index contributed by atoms with van der Waals surface area (Å²) in [5, 5.41) is 10.2. The molecule has 2 rings (SSSR count). The third-order valence-electron chi connectivity index (χ3n) is 2.71. The molecular weight excluding hydrogens is 200 g/mol. The lowest BCUT2D eigenvalue weighted by Crippen LogP contribution is -2.08. The van der Waals surface area contributed by atoms with E-state index in [2.05, 4.69) is 9.97 Å². The average molecular weight is 214 g/mol. The molecule has 2 heterocycles. The fourth-order valence-corrected chi connectivity index (χ4v) is 1.67. The third kappa shape index (κ3) is 2.25. The summed E-state index contributed by atoms with van der Waals surface area (Å²) in [6, 6.07) is 7.55. The molecule has 2 aromatic rings. The Balaban J connectivity index is 2.20. The van der Waals surface area contributed by atoms with Crippen LogP contribution in [0.1, 0.15) is 30.1 Å². The minimum Gasteiger partial charge on any atom is -0.388 e. The lowest BCUT2D eigenvalue weighted by molar-refractivity contribution is 0.151. The highest BCUT2D eigenvalue weighted by molar-refractivity contribution is 5.21. The van der Waals surface area contributed by atoms with Crippen molar-refractivity contribution in [1.82, 2.24) is 9.97 Å². The van der Waals surface area contributed by atoms with Crippen molar-refractivity contribution in [3.05, 3.63) is 60.2 Å². The first-order valence-electron chi connectivity index (χ1n) is 5.27. The van der Waals surface area contributed by atoms with Gasteiger partial charge in [0.2, 0.25) is 0 Å². The Bertz CT molecular complexity index is 387. The normalized spacial score (nSPS) is 14.4. The predicted molar refractivity (Wildman–Crippen MR) is 61.8 cm³/mol. The topological polar surface area (TPSA) is 46.0 Å². The Morgan fingerprint density at radius 3 is 2.06 bits per heavy atom. The number of nitrogens with zero attached hydrogens (tertiary/aromatic N) is 2. The van der Waals surface area contributed by atoms with E-state index in [1.54, 1.807) is 24.8 Å². The van der Waals surface area contributed by atoms with E-state index in [-0.39, 0.29) is 5.92 Å². The molecule has 2 atom stereocenters. The van der Waals surface area contributed by atoms with E-state index in [4.69, 9.17) is 0 Å². The maximum Gasteiger partial charge on any atom is 0.0871 e. The highest BCUT2D eigenvalue weighted by atomic mass is 16.3. The molecule has 0 unspecified atom stereocenters. The van der Waals surface area contributed by atoms with Gasteiger partial charge in [0.1, 0.15) is 0 Å². The van der Waals surface area contributed by atoms with Crippen molar-refractivity contribution in [3.8, 4) is 0 Å². The first-order chi connectivity index (χ1) is 7.79. The predicted octanol–water partition coefficient (Wildman–Crippen LogP) is 2.31. The van der Waals surface area contributed by atoms with Gasteiger partial charge in [0.15, 0.2) is 0 Å². The molecule has 0 radical (unpaired) electrons. The summed E-state index contributed by atoms with van der Waals surface area (Å²) in [5.74, 6) is 0.0119.